The Kier molecular flexibility index (Phi) is 3.30. The van der Waals surface area contributed by atoms with E-state index in [-0.39, 0.29) is 0 Å². The number of benzene rings is 2. The summed E-state index contributed by atoms with van der Waals surface area (Å²) in [6.07, 6.45) is 1.75. The van der Waals surface area contributed by atoms with Crippen LogP contribution >= 0.6 is 0 Å². The van der Waals surface area contributed by atoms with Gasteiger partial charge in [-0.25, -0.2) is 0 Å². The van der Waals surface area contributed by atoms with Crippen molar-refractivity contribution in [2.24, 2.45) is 0 Å². The van der Waals surface area contributed by atoms with Crippen LogP contribution in [0.15, 0.2) is 60.8 Å². The second-order valence-corrected chi connectivity index (χ2v) is 4.39. The molecule has 3 rings (SSSR count). The van der Waals surface area contributed by atoms with Gasteiger partial charge in [0.1, 0.15) is 17.9 Å². The first-order valence-corrected chi connectivity index (χ1v) is 6.33. The predicted octanol–water partition coefficient (Wildman–Crippen LogP) is 3.69. The Morgan fingerprint density at radius 1 is 1.00 bits per heavy atom. The Hall–Kier alpha value is -2.86. The molecule has 0 unspecified atom stereocenters. The van der Waals surface area contributed by atoms with Gasteiger partial charge in [-0.05, 0) is 18.2 Å². The van der Waals surface area contributed by atoms with Crippen molar-refractivity contribution < 1.29 is 4.74 Å². The van der Waals surface area contributed by atoms with Crippen LogP contribution in [0.2, 0.25) is 0 Å². The molecule has 0 spiro atoms. The topological polar surface area (TPSA) is 45.9 Å². The van der Waals surface area contributed by atoms with Gasteiger partial charge in [-0.2, -0.15) is 5.26 Å². The molecule has 2 aromatic carbocycles. The van der Waals surface area contributed by atoms with E-state index in [0.29, 0.717) is 12.2 Å². The molecular formula is C17H12N2O. The van der Waals surface area contributed by atoms with Crippen LogP contribution in [0.5, 0.6) is 5.75 Å². The fraction of sp³-hybridized carbons (Fsp3) is 0.0588. The highest BCUT2D eigenvalue weighted by Gasteiger charge is 2.05. The van der Waals surface area contributed by atoms with Crippen molar-refractivity contribution in [2.75, 3.05) is 0 Å². The Bertz CT molecular complexity index is 785. The summed E-state index contributed by atoms with van der Waals surface area (Å²) < 4.78 is 5.83. The van der Waals surface area contributed by atoms with Crippen molar-refractivity contribution in [3.8, 4) is 11.8 Å². The van der Waals surface area contributed by atoms with Gasteiger partial charge in [0.2, 0.25) is 0 Å². The first-order chi connectivity index (χ1) is 9.88. The molecule has 0 N–H and O–H groups in total. The summed E-state index contributed by atoms with van der Waals surface area (Å²) in [6.45, 7) is 0.361. The average molecular weight is 260 g/mol. The van der Waals surface area contributed by atoms with Crippen LogP contribution in [0.1, 0.15) is 11.1 Å². The Labute approximate surface area is 117 Å². The molecule has 3 heteroatoms. The summed E-state index contributed by atoms with van der Waals surface area (Å²) in [5.74, 6) is 0.732. The second kappa shape index (κ2) is 5.41. The first-order valence-electron chi connectivity index (χ1n) is 6.33. The molecule has 0 aliphatic carbocycles. The minimum atomic E-state index is 0.361. The van der Waals surface area contributed by atoms with E-state index in [1.54, 1.807) is 12.3 Å². The van der Waals surface area contributed by atoms with Crippen LogP contribution in [0, 0.1) is 11.3 Å². The molecule has 0 radical (unpaired) electrons. The van der Waals surface area contributed by atoms with Gasteiger partial charge in [-0.15, -0.1) is 0 Å². The van der Waals surface area contributed by atoms with Crippen molar-refractivity contribution in [3.05, 3.63) is 71.9 Å². The highest BCUT2D eigenvalue weighted by Crippen LogP contribution is 2.24. The van der Waals surface area contributed by atoms with Crippen LogP contribution in [0.4, 0.5) is 0 Å². The third kappa shape index (κ3) is 2.32. The molecule has 0 fully saturated rings. The highest BCUT2D eigenvalue weighted by atomic mass is 16.5. The van der Waals surface area contributed by atoms with E-state index >= 15 is 0 Å². The van der Waals surface area contributed by atoms with Gasteiger partial charge in [0, 0.05) is 17.1 Å². The van der Waals surface area contributed by atoms with Gasteiger partial charge in [-0.3, -0.25) is 4.98 Å². The van der Waals surface area contributed by atoms with Crippen molar-refractivity contribution in [2.45, 2.75) is 6.61 Å². The molecule has 96 valence electrons. The largest absolute Gasteiger partial charge is 0.487 e. The van der Waals surface area contributed by atoms with Crippen LogP contribution < -0.4 is 4.74 Å². The Morgan fingerprint density at radius 3 is 2.75 bits per heavy atom. The molecule has 3 nitrogen and oxygen atoms in total. The van der Waals surface area contributed by atoms with Crippen molar-refractivity contribution in [3.63, 3.8) is 0 Å². The maximum Gasteiger partial charge on any atom is 0.146 e. The minimum Gasteiger partial charge on any atom is -0.487 e. The number of fused-ring (bicyclic) bond motifs is 1. The lowest BCUT2D eigenvalue weighted by Gasteiger charge is -2.09. The van der Waals surface area contributed by atoms with E-state index < -0.39 is 0 Å². The summed E-state index contributed by atoms with van der Waals surface area (Å²) >= 11 is 0. The van der Waals surface area contributed by atoms with E-state index in [1.807, 2.05) is 48.5 Å². The number of hydrogen-bond donors (Lipinski definition) is 0. The number of rotatable bonds is 3. The predicted molar refractivity (Wildman–Crippen MR) is 77.2 cm³/mol. The fourth-order valence-electron chi connectivity index (χ4n) is 2.10. The van der Waals surface area contributed by atoms with E-state index in [1.165, 1.54) is 0 Å². The number of nitrogens with zero attached hydrogens (tertiary/aromatic N) is 2. The second-order valence-electron chi connectivity index (χ2n) is 4.39. The smallest absolute Gasteiger partial charge is 0.146 e. The summed E-state index contributed by atoms with van der Waals surface area (Å²) in [7, 11) is 0. The number of ether oxygens (including phenoxy) is 1. The zero-order valence-corrected chi connectivity index (χ0v) is 10.8. The van der Waals surface area contributed by atoms with Crippen molar-refractivity contribution >= 4 is 10.9 Å². The molecule has 0 saturated carbocycles. The van der Waals surface area contributed by atoms with E-state index in [9.17, 15) is 0 Å². The van der Waals surface area contributed by atoms with E-state index in [2.05, 4.69) is 11.1 Å². The van der Waals surface area contributed by atoms with Crippen LogP contribution in [0.25, 0.3) is 10.9 Å². The molecule has 1 aromatic heterocycles. The molecule has 1 heterocycles. The van der Waals surface area contributed by atoms with Gasteiger partial charge in [0.05, 0.1) is 11.6 Å². The number of nitriles is 1. The molecule has 0 aliphatic rings. The van der Waals surface area contributed by atoms with Crippen molar-refractivity contribution in [1.82, 2.24) is 4.98 Å². The summed E-state index contributed by atoms with van der Waals surface area (Å²) in [4.78, 5) is 4.35. The molecule has 0 bridgehead atoms. The number of para-hydroxylation sites is 1. The molecule has 3 aromatic rings. The minimum absolute atomic E-state index is 0.361. The summed E-state index contributed by atoms with van der Waals surface area (Å²) in [5, 5.41) is 10.1. The standard InChI is InChI=1S/C17H12N2O/c18-11-14-5-1-2-6-15(14)12-20-16-9-3-7-13-8-4-10-19-17(13)16/h1-10H,12H2. The van der Waals surface area contributed by atoms with Crippen LogP contribution in [-0.2, 0) is 6.61 Å². The van der Waals surface area contributed by atoms with Crippen LogP contribution in [-0.4, -0.2) is 4.98 Å². The summed E-state index contributed by atoms with van der Waals surface area (Å²) in [6, 6.07) is 19.3. The highest BCUT2D eigenvalue weighted by molar-refractivity contribution is 5.84. The zero-order valence-electron chi connectivity index (χ0n) is 10.8. The maximum absolute atomic E-state index is 9.07. The monoisotopic (exact) mass is 260 g/mol. The lowest BCUT2D eigenvalue weighted by atomic mass is 10.1. The van der Waals surface area contributed by atoms with E-state index in [0.717, 1.165) is 22.2 Å². The van der Waals surface area contributed by atoms with Crippen molar-refractivity contribution in [1.29, 1.82) is 5.26 Å². The average Bonchev–Trinajstić information content (AvgIpc) is 2.53. The van der Waals surface area contributed by atoms with Gasteiger partial charge >= 0.3 is 0 Å². The number of aromatic nitrogens is 1. The molecule has 0 amide bonds. The van der Waals surface area contributed by atoms with Gasteiger partial charge in [0.25, 0.3) is 0 Å². The normalized spacial score (nSPS) is 10.2. The molecule has 0 aliphatic heterocycles. The maximum atomic E-state index is 9.07. The lowest BCUT2D eigenvalue weighted by molar-refractivity contribution is 0.309. The van der Waals surface area contributed by atoms with Gasteiger partial charge in [-0.1, -0.05) is 36.4 Å². The number of pyridine rings is 1. The molecular weight excluding hydrogens is 248 g/mol. The fourth-order valence-corrected chi connectivity index (χ4v) is 2.10. The summed E-state index contributed by atoms with van der Waals surface area (Å²) in [5.41, 5.74) is 2.35. The van der Waals surface area contributed by atoms with Crippen LogP contribution in [0.3, 0.4) is 0 Å². The molecule has 0 atom stereocenters. The molecule has 20 heavy (non-hydrogen) atoms. The quantitative estimate of drug-likeness (QED) is 0.721. The van der Waals surface area contributed by atoms with Gasteiger partial charge in [0.15, 0.2) is 0 Å². The Morgan fingerprint density at radius 2 is 1.85 bits per heavy atom. The Balaban J connectivity index is 1.89. The third-order valence-corrected chi connectivity index (χ3v) is 3.12. The van der Waals surface area contributed by atoms with E-state index in [4.69, 9.17) is 10.00 Å². The first kappa shape index (κ1) is 12.2. The third-order valence-electron chi connectivity index (χ3n) is 3.12. The SMILES string of the molecule is N#Cc1ccccc1COc1cccc2cccnc12. The lowest BCUT2D eigenvalue weighted by Crippen LogP contribution is -1.99. The van der Waals surface area contributed by atoms with Gasteiger partial charge < -0.3 is 4.74 Å². The molecule has 0 saturated heterocycles. The number of hydrogen-bond acceptors (Lipinski definition) is 3. The zero-order chi connectivity index (χ0) is 13.8.